The molecule has 0 bridgehead atoms. The van der Waals surface area contributed by atoms with Crippen molar-refractivity contribution in [1.82, 2.24) is 10.6 Å². The molecule has 5 nitrogen and oxygen atoms in total. The van der Waals surface area contributed by atoms with Crippen LogP contribution >= 0.6 is 57.9 Å². The lowest BCUT2D eigenvalue weighted by molar-refractivity contribution is 0.174. The number of hydrogen-bond donors (Lipinski definition) is 2. The minimum Gasteiger partial charge on any atom is -0.454 e. The van der Waals surface area contributed by atoms with Crippen molar-refractivity contribution in [3.05, 3.63) is 43.7 Å². The van der Waals surface area contributed by atoms with Gasteiger partial charge in [0.05, 0.1) is 2.88 Å². The first-order valence-corrected chi connectivity index (χ1v) is 9.21. The molecule has 2 heterocycles. The quantitative estimate of drug-likeness (QED) is 0.328. The Balaban J connectivity index is 0.00000208. The minimum absolute atomic E-state index is 0. The second kappa shape index (κ2) is 9.66. The van der Waals surface area contributed by atoms with Crippen molar-refractivity contribution >= 4 is 63.9 Å². The van der Waals surface area contributed by atoms with Crippen LogP contribution in [0.5, 0.6) is 11.5 Å². The lowest BCUT2D eigenvalue weighted by Crippen LogP contribution is -2.37. The van der Waals surface area contributed by atoms with E-state index in [1.165, 1.54) is 7.76 Å². The Bertz CT molecular complexity index is 706. The Morgan fingerprint density at radius 3 is 2.79 bits per heavy atom. The van der Waals surface area contributed by atoms with Crippen molar-refractivity contribution in [2.24, 2.45) is 4.99 Å². The molecular formula is C16H19I2N3O2S. The molecule has 24 heavy (non-hydrogen) atoms. The first kappa shape index (κ1) is 19.6. The van der Waals surface area contributed by atoms with Crippen molar-refractivity contribution in [1.29, 1.82) is 0 Å². The van der Waals surface area contributed by atoms with Crippen LogP contribution in [0.25, 0.3) is 0 Å². The normalized spacial score (nSPS) is 12.7. The molecule has 0 saturated carbocycles. The molecule has 2 N–H and O–H groups in total. The number of thiophene rings is 1. The van der Waals surface area contributed by atoms with E-state index in [1.807, 2.05) is 29.5 Å². The Labute approximate surface area is 176 Å². The van der Waals surface area contributed by atoms with Crippen LogP contribution in [-0.4, -0.2) is 26.3 Å². The van der Waals surface area contributed by atoms with E-state index in [2.05, 4.69) is 50.3 Å². The summed E-state index contributed by atoms with van der Waals surface area (Å²) in [6.07, 6.45) is 0.998. The van der Waals surface area contributed by atoms with Crippen LogP contribution in [0.2, 0.25) is 0 Å². The van der Waals surface area contributed by atoms with Crippen LogP contribution in [0.3, 0.4) is 0 Å². The monoisotopic (exact) mass is 571 g/mol. The second-order valence-electron chi connectivity index (χ2n) is 5.00. The van der Waals surface area contributed by atoms with E-state index in [-0.39, 0.29) is 24.0 Å². The molecule has 0 atom stereocenters. The van der Waals surface area contributed by atoms with E-state index in [0.29, 0.717) is 13.3 Å². The number of guanidine groups is 1. The van der Waals surface area contributed by atoms with Gasteiger partial charge in [0.25, 0.3) is 0 Å². The van der Waals surface area contributed by atoms with Crippen LogP contribution < -0.4 is 20.1 Å². The molecule has 2 aromatic rings. The molecule has 130 valence electrons. The van der Waals surface area contributed by atoms with E-state index in [1.54, 1.807) is 7.05 Å². The molecule has 1 aliphatic heterocycles. The molecule has 0 amide bonds. The number of aliphatic imine (C=N–C) groups is 1. The van der Waals surface area contributed by atoms with Crippen molar-refractivity contribution in [3.63, 3.8) is 0 Å². The molecule has 1 aliphatic rings. The first-order valence-electron chi connectivity index (χ1n) is 7.32. The van der Waals surface area contributed by atoms with Gasteiger partial charge in [-0.05, 0) is 58.8 Å². The van der Waals surface area contributed by atoms with Gasteiger partial charge in [0.2, 0.25) is 6.79 Å². The average molecular weight is 571 g/mol. The third-order valence-corrected chi connectivity index (χ3v) is 5.37. The van der Waals surface area contributed by atoms with E-state index < -0.39 is 0 Å². The third kappa shape index (κ3) is 5.38. The van der Waals surface area contributed by atoms with Crippen molar-refractivity contribution < 1.29 is 9.47 Å². The zero-order valence-electron chi connectivity index (χ0n) is 13.2. The molecule has 0 spiro atoms. The number of fused-ring (bicyclic) bond motifs is 1. The molecule has 0 fully saturated rings. The van der Waals surface area contributed by atoms with Gasteiger partial charge in [-0.25, -0.2) is 0 Å². The standard InChI is InChI=1S/C16H18IN3O2S.HI/c1-18-16(19-7-6-12-3-5-15(17)23-12)20-9-11-2-4-13-14(8-11)22-10-21-13;/h2-5,8H,6-7,9-10H2,1H3,(H2,18,19,20);1H. The van der Waals surface area contributed by atoms with Crippen LogP contribution in [0.4, 0.5) is 0 Å². The van der Waals surface area contributed by atoms with Gasteiger partial charge in [-0.1, -0.05) is 6.07 Å². The van der Waals surface area contributed by atoms with E-state index in [9.17, 15) is 0 Å². The summed E-state index contributed by atoms with van der Waals surface area (Å²) in [6.45, 7) is 1.85. The lowest BCUT2D eigenvalue weighted by Gasteiger charge is -2.12. The number of rotatable bonds is 5. The number of halogens is 2. The Kier molecular flexibility index (Phi) is 7.88. The van der Waals surface area contributed by atoms with Crippen LogP contribution in [0.15, 0.2) is 35.3 Å². The van der Waals surface area contributed by atoms with E-state index in [0.717, 1.165) is 36.0 Å². The van der Waals surface area contributed by atoms with Gasteiger partial charge in [0.15, 0.2) is 17.5 Å². The highest BCUT2D eigenvalue weighted by Crippen LogP contribution is 2.32. The van der Waals surface area contributed by atoms with Gasteiger partial charge in [0.1, 0.15) is 0 Å². The third-order valence-electron chi connectivity index (χ3n) is 3.41. The molecule has 3 rings (SSSR count). The number of hydrogen-bond acceptors (Lipinski definition) is 4. The smallest absolute Gasteiger partial charge is 0.231 e. The van der Waals surface area contributed by atoms with Crippen LogP contribution in [-0.2, 0) is 13.0 Å². The summed E-state index contributed by atoms with van der Waals surface area (Å²) in [4.78, 5) is 5.63. The molecule has 0 unspecified atom stereocenters. The summed E-state index contributed by atoms with van der Waals surface area (Å²) in [5.41, 5.74) is 1.13. The van der Waals surface area contributed by atoms with E-state index in [4.69, 9.17) is 9.47 Å². The van der Waals surface area contributed by atoms with Crippen LogP contribution in [0.1, 0.15) is 10.4 Å². The predicted octanol–water partition coefficient (Wildman–Crippen LogP) is 3.61. The number of benzene rings is 1. The molecule has 1 aromatic heterocycles. The zero-order chi connectivity index (χ0) is 16.1. The van der Waals surface area contributed by atoms with Crippen LogP contribution in [0, 0.1) is 2.88 Å². The zero-order valence-corrected chi connectivity index (χ0v) is 18.5. The highest BCUT2D eigenvalue weighted by molar-refractivity contribution is 14.1. The molecule has 0 radical (unpaired) electrons. The predicted molar refractivity (Wildman–Crippen MR) is 117 cm³/mol. The Morgan fingerprint density at radius 2 is 2.04 bits per heavy atom. The molecular weight excluding hydrogens is 552 g/mol. The molecule has 0 saturated heterocycles. The number of ether oxygens (including phenoxy) is 2. The second-order valence-corrected chi connectivity index (χ2v) is 8.06. The minimum atomic E-state index is 0. The lowest BCUT2D eigenvalue weighted by atomic mass is 10.2. The first-order chi connectivity index (χ1) is 11.2. The topological polar surface area (TPSA) is 54.9 Å². The fourth-order valence-corrected chi connectivity index (χ4v) is 4.00. The summed E-state index contributed by atoms with van der Waals surface area (Å²) < 4.78 is 12.0. The van der Waals surface area contributed by atoms with Crippen molar-refractivity contribution in [2.45, 2.75) is 13.0 Å². The molecule has 8 heteroatoms. The number of nitrogens with one attached hydrogen (secondary N) is 2. The molecule has 0 aliphatic carbocycles. The highest BCUT2D eigenvalue weighted by atomic mass is 127. The van der Waals surface area contributed by atoms with Crippen molar-refractivity contribution in [3.8, 4) is 11.5 Å². The van der Waals surface area contributed by atoms with Gasteiger partial charge in [-0.3, -0.25) is 4.99 Å². The Morgan fingerprint density at radius 1 is 1.21 bits per heavy atom. The largest absolute Gasteiger partial charge is 0.454 e. The maximum atomic E-state index is 5.39. The summed E-state index contributed by atoms with van der Waals surface area (Å²) in [7, 11) is 1.78. The molecule has 1 aromatic carbocycles. The van der Waals surface area contributed by atoms with Crippen molar-refractivity contribution in [2.75, 3.05) is 20.4 Å². The highest BCUT2D eigenvalue weighted by Gasteiger charge is 2.13. The van der Waals surface area contributed by atoms with E-state index >= 15 is 0 Å². The van der Waals surface area contributed by atoms with Gasteiger partial charge in [-0.2, -0.15) is 0 Å². The van der Waals surface area contributed by atoms with Gasteiger partial charge < -0.3 is 20.1 Å². The summed E-state index contributed by atoms with van der Waals surface area (Å²) in [6, 6.07) is 10.3. The maximum Gasteiger partial charge on any atom is 0.231 e. The summed E-state index contributed by atoms with van der Waals surface area (Å²) in [5.74, 6) is 2.41. The fraction of sp³-hybridized carbons (Fsp3) is 0.312. The number of nitrogens with zero attached hydrogens (tertiary/aromatic N) is 1. The summed E-state index contributed by atoms with van der Waals surface area (Å²) in [5, 5.41) is 6.65. The van der Waals surface area contributed by atoms with Gasteiger partial charge in [-0.15, -0.1) is 35.3 Å². The Hall–Kier alpha value is -0.750. The van der Waals surface area contributed by atoms with Gasteiger partial charge >= 0.3 is 0 Å². The summed E-state index contributed by atoms with van der Waals surface area (Å²) >= 11 is 4.18. The fourth-order valence-electron chi connectivity index (χ4n) is 2.25. The SMILES string of the molecule is CN=C(NCCc1ccc(I)s1)NCc1ccc2c(c1)OCO2.I. The van der Waals surface area contributed by atoms with Gasteiger partial charge in [0, 0.05) is 25.0 Å². The average Bonchev–Trinajstić information content (AvgIpc) is 3.18. The maximum absolute atomic E-state index is 5.39.